The Balaban J connectivity index is 3.70. The van der Waals surface area contributed by atoms with Gasteiger partial charge in [-0.15, -0.1) is 0 Å². The second-order valence-corrected chi connectivity index (χ2v) is 2.65. The molecular weight excluding hydrogens is 126 g/mol. The summed E-state index contributed by atoms with van der Waals surface area (Å²) >= 11 is 0. The lowest BCUT2D eigenvalue weighted by atomic mass is 9.96. The van der Waals surface area contributed by atoms with E-state index in [1.165, 1.54) is 0 Å². The first-order valence-corrected chi connectivity index (χ1v) is 4.08. The normalized spacial score (nSPS) is 16.8. The molecule has 0 heterocycles. The summed E-state index contributed by atoms with van der Waals surface area (Å²) in [7, 11) is 1.95. The smallest absolute Gasteiger partial charge is 0.0474 e. The molecule has 10 heavy (non-hydrogen) atoms. The monoisotopic (exact) mass is 145 g/mol. The van der Waals surface area contributed by atoms with E-state index in [1.807, 2.05) is 7.05 Å². The second-order valence-electron chi connectivity index (χ2n) is 2.65. The van der Waals surface area contributed by atoms with Crippen LogP contribution >= 0.6 is 0 Å². The molecule has 0 aromatic rings. The Morgan fingerprint density at radius 2 is 1.90 bits per heavy atom. The Morgan fingerprint density at radius 1 is 1.30 bits per heavy atom. The summed E-state index contributed by atoms with van der Waals surface area (Å²) in [6.45, 7) is 4.55. The SMILES string of the molecule is CCC(CO)C(CC)NC. The molecule has 0 saturated heterocycles. The third-order valence-corrected chi connectivity index (χ3v) is 2.14. The zero-order valence-corrected chi connectivity index (χ0v) is 7.22. The molecule has 62 valence electrons. The Morgan fingerprint density at radius 3 is 2.00 bits per heavy atom. The van der Waals surface area contributed by atoms with Gasteiger partial charge in [0.25, 0.3) is 0 Å². The first-order valence-electron chi connectivity index (χ1n) is 4.08. The maximum absolute atomic E-state index is 8.92. The van der Waals surface area contributed by atoms with Gasteiger partial charge < -0.3 is 10.4 Å². The van der Waals surface area contributed by atoms with Crippen LogP contribution in [0.25, 0.3) is 0 Å². The highest BCUT2D eigenvalue weighted by Crippen LogP contribution is 2.09. The first kappa shape index (κ1) is 9.92. The van der Waals surface area contributed by atoms with Gasteiger partial charge >= 0.3 is 0 Å². The lowest BCUT2D eigenvalue weighted by Crippen LogP contribution is -2.34. The molecule has 0 aliphatic heterocycles. The molecule has 0 bridgehead atoms. The second kappa shape index (κ2) is 5.69. The molecule has 0 saturated carbocycles. The third kappa shape index (κ3) is 2.67. The van der Waals surface area contributed by atoms with Crippen molar-refractivity contribution in [3.8, 4) is 0 Å². The van der Waals surface area contributed by atoms with E-state index < -0.39 is 0 Å². The zero-order valence-electron chi connectivity index (χ0n) is 7.22. The lowest BCUT2D eigenvalue weighted by Gasteiger charge is -2.22. The first-order chi connectivity index (χ1) is 4.79. The van der Waals surface area contributed by atoms with Crippen molar-refractivity contribution in [1.82, 2.24) is 5.32 Å². The van der Waals surface area contributed by atoms with Crippen LogP contribution in [0.4, 0.5) is 0 Å². The van der Waals surface area contributed by atoms with Crippen molar-refractivity contribution in [1.29, 1.82) is 0 Å². The van der Waals surface area contributed by atoms with Gasteiger partial charge in [-0.2, -0.15) is 0 Å². The number of hydrogen-bond acceptors (Lipinski definition) is 2. The molecule has 0 radical (unpaired) electrons. The minimum Gasteiger partial charge on any atom is -0.396 e. The van der Waals surface area contributed by atoms with Crippen LogP contribution in [-0.2, 0) is 0 Å². The summed E-state index contributed by atoms with van der Waals surface area (Å²) in [5.74, 6) is 0.426. The van der Waals surface area contributed by atoms with Gasteiger partial charge in [-0.3, -0.25) is 0 Å². The molecule has 0 aliphatic carbocycles. The average molecular weight is 145 g/mol. The molecule has 0 fully saturated rings. The van der Waals surface area contributed by atoms with Gasteiger partial charge in [0.15, 0.2) is 0 Å². The van der Waals surface area contributed by atoms with Crippen LogP contribution in [0.15, 0.2) is 0 Å². The highest BCUT2D eigenvalue weighted by molar-refractivity contribution is 4.71. The number of nitrogens with one attached hydrogen (secondary N) is 1. The van der Waals surface area contributed by atoms with Crippen LogP contribution in [0.5, 0.6) is 0 Å². The van der Waals surface area contributed by atoms with Crippen molar-refractivity contribution in [3.63, 3.8) is 0 Å². The van der Waals surface area contributed by atoms with Crippen LogP contribution in [0.2, 0.25) is 0 Å². The molecule has 0 rings (SSSR count). The van der Waals surface area contributed by atoms with E-state index in [9.17, 15) is 0 Å². The topological polar surface area (TPSA) is 32.3 Å². The summed E-state index contributed by atoms with van der Waals surface area (Å²) < 4.78 is 0. The predicted molar refractivity (Wildman–Crippen MR) is 44.0 cm³/mol. The molecule has 2 unspecified atom stereocenters. The highest BCUT2D eigenvalue weighted by Gasteiger charge is 2.14. The summed E-state index contributed by atoms with van der Waals surface area (Å²) in [6.07, 6.45) is 2.14. The van der Waals surface area contributed by atoms with Crippen molar-refractivity contribution < 1.29 is 5.11 Å². The van der Waals surface area contributed by atoms with Crippen molar-refractivity contribution in [3.05, 3.63) is 0 Å². The minimum atomic E-state index is 0.301. The number of aliphatic hydroxyl groups excluding tert-OH is 1. The largest absolute Gasteiger partial charge is 0.396 e. The van der Waals surface area contributed by atoms with Crippen molar-refractivity contribution >= 4 is 0 Å². The maximum atomic E-state index is 8.92. The lowest BCUT2D eigenvalue weighted by molar-refractivity contribution is 0.186. The number of aliphatic hydroxyl groups is 1. The van der Waals surface area contributed by atoms with Crippen LogP contribution in [-0.4, -0.2) is 24.8 Å². The van der Waals surface area contributed by atoms with Gasteiger partial charge in [0.05, 0.1) is 0 Å². The Labute approximate surface area is 63.6 Å². The zero-order chi connectivity index (χ0) is 7.98. The number of hydrogen-bond donors (Lipinski definition) is 2. The summed E-state index contributed by atoms with van der Waals surface area (Å²) in [5.41, 5.74) is 0. The van der Waals surface area contributed by atoms with Crippen LogP contribution in [0, 0.1) is 5.92 Å². The van der Waals surface area contributed by atoms with E-state index in [1.54, 1.807) is 0 Å². The highest BCUT2D eigenvalue weighted by atomic mass is 16.3. The van der Waals surface area contributed by atoms with Gasteiger partial charge in [-0.1, -0.05) is 13.8 Å². The summed E-state index contributed by atoms with van der Waals surface area (Å²) in [6, 6.07) is 0.481. The fraction of sp³-hybridized carbons (Fsp3) is 1.00. The van der Waals surface area contributed by atoms with Crippen LogP contribution in [0.1, 0.15) is 26.7 Å². The third-order valence-electron chi connectivity index (χ3n) is 2.14. The molecule has 0 amide bonds. The quantitative estimate of drug-likeness (QED) is 0.605. The van der Waals surface area contributed by atoms with Crippen LogP contribution < -0.4 is 5.32 Å². The fourth-order valence-electron chi connectivity index (χ4n) is 1.31. The summed E-state index contributed by atoms with van der Waals surface area (Å²) in [5, 5.41) is 12.1. The van der Waals surface area contributed by atoms with E-state index >= 15 is 0 Å². The predicted octanol–water partition coefficient (Wildman–Crippen LogP) is 1.00. The molecule has 2 heteroatoms. The Bertz CT molecular complexity index is 57.7. The van der Waals surface area contributed by atoms with Crippen molar-refractivity contribution in [2.75, 3.05) is 13.7 Å². The van der Waals surface area contributed by atoms with E-state index in [0.29, 0.717) is 18.6 Å². The van der Waals surface area contributed by atoms with E-state index in [-0.39, 0.29) is 0 Å². The van der Waals surface area contributed by atoms with E-state index in [2.05, 4.69) is 19.2 Å². The average Bonchev–Trinajstić information content (AvgIpc) is 2.00. The van der Waals surface area contributed by atoms with Crippen molar-refractivity contribution in [2.24, 2.45) is 5.92 Å². The van der Waals surface area contributed by atoms with E-state index in [0.717, 1.165) is 12.8 Å². The molecule has 2 nitrogen and oxygen atoms in total. The van der Waals surface area contributed by atoms with E-state index in [4.69, 9.17) is 5.11 Å². The fourth-order valence-corrected chi connectivity index (χ4v) is 1.31. The van der Waals surface area contributed by atoms with Crippen molar-refractivity contribution in [2.45, 2.75) is 32.7 Å². The molecule has 0 aliphatic rings. The van der Waals surface area contributed by atoms with Gasteiger partial charge in [-0.25, -0.2) is 0 Å². The Hall–Kier alpha value is -0.0800. The van der Waals surface area contributed by atoms with Gasteiger partial charge in [-0.05, 0) is 25.8 Å². The standard InChI is InChI=1S/C8H19NO/c1-4-7(6-10)8(5-2)9-3/h7-10H,4-6H2,1-3H3. The Kier molecular flexibility index (Phi) is 5.64. The molecule has 2 N–H and O–H groups in total. The molecule has 0 aromatic carbocycles. The molecule has 0 aromatic heterocycles. The molecular formula is C8H19NO. The maximum Gasteiger partial charge on any atom is 0.0474 e. The number of rotatable bonds is 5. The van der Waals surface area contributed by atoms with Gasteiger partial charge in [0.1, 0.15) is 0 Å². The van der Waals surface area contributed by atoms with Crippen LogP contribution in [0.3, 0.4) is 0 Å². The minimum absolute atomic E-state index is 0.301. The van der Waals surface area contributed by atoms with Gasteiger partial charge in [0.2, 0.25) is 0 Å². The summed E-state index contributed by atoms with van der Waals surface area (Å²) in [4.78, 5) is 0. The molecule has 0 spiro atoms. The molecule has 2 atom stereocenters. The van der Waals surface area contributed by atoms with Gasteiger partial charge in [0, 0.05) is 12.6 Å².